The molecule has 0 unspecified atom stereocenters. The summed E-state index contributed by atoms with van der Waals surface area (Å²) in [4.78, 5) is 25.1. The van der Waals surface area contributed by atoms with Gasteiger partial charge >= 0.3 is 0 Å². The zero-order valence-electron chi connectivity index (χ0n) is 20.1. The molecule has 174 valence electrons. The van der Waals surface area contributed by atoms with Crippen molar-refractivity contribution >= 4 is 33.8 Å². The van der Waals surface area contributed by atoms with Crippen molar-refractivity contribution in [3.8, 4) is 5.75 Å². The Kier molecular flexibility index (Phi) is 6.36. The second-order valence-corrected chi connectivity index (χ2v) is 10.6. The second kappa shape index (κ2) is 8.90. The van der Waals surface area contributed by atoms with Gasteiger partial charge in [-0.15, -0.1) is 0 Å². The van der Waals surface area contributed by atoms with E-state index in [9.17, 15) is 4.79 Å². The second-order valence-electron chi connectivity index (χ2n) is 9.63. The molecule has 0 atom stereocenters. The Balaban J connectivity index is 1.63. The highest BCUT2D eigenvalue weighted by Gasteiger charge is 2.35. The summed E-state index contributed by atoms with van der Waals surface area (Å²) in [5, 5.41) is 3.96. The van der Waals surface area contributed by atoms with Gasteiger partial charge in [0.15, 0.2) is 5.13 Å². The number of aryl methyl sites for hydroxylation is 1. The fraction of sp³-hybridized carbons (Fsp3) is 0.583. The van der Waals surface area contributed by atoms with E-state index in [1.165, 1.54) is 22.6 Å². The predicted octanol–water partition coefficient (Wildman–Crippen LogP) is 3.82. The number of nitrogens with one attached hydrogen (secondary N) is 1. The molecule has 0 aliphatic carbocycles. The lowest BCUT2D eigenvalue weighted by molar-refractivity contribution is 0.0901. The molecule has 0 saturated heterocycles. The molecule has 0 radical (unpaired) electrons. The Morgan fingerprint density at radius 1 is 1.28 bits per heavy atom. The number of carbonyl (C=O) groups excluding carboxylic acids is 1. The summed E-state index contributed by atoms with van der Waals surface area (Å²) in [6.07, 6.45) is 1.87. The highest BCUT2D eigenvalue weighted by atomic mass is 32.1. The maximum atomic E-state index is 12.6. The van der Waals surface area contributed by atoms with Crippen molar-refractivity contribution in [1.82, 2.24) is 15.2 Å². The molecule has 0 saturated carbocycles. The van der Waals surface area contributed by atoms with Crippen LogP contribution in [0, 0.1) is 6.92 Å². The number of ether oxygens (including phenoxy) is 1. The molecule has 1 amide bonds. The van der Waals surface area contributed by atoms with Crippen molar-refractivity contribution in [2.24, 2.45) is 0 Å². The van der Waals surface area contributed by atoms with Crippen LogP contribution in [0.5, 0.6) is 5.75 Å². The zero-order chi connectivity index (χ0) is 23.0. The fourth-order valence-corrected chi connectivity index (χ4v) is 5.52. The van der Waals surface area contributed by atoms with E-state index in [-0.39, 0.29) is 11.4 Å². The van der Waals surface area contributed by atoms with Crippen LogP contribution in [0.2, 0.25) is 0 Å². The van der Waals surface area contributed by atoms with Crippen LogP contribution in [0.25, 0.3) is 0 Å². The summed E-state index contributed by atoms with van der Waals surface area (Å²) >= 11 is 1.48. The van der Waals surface area contributed by atoms with E-state index in [2.05, 4.69) is 60.1 Å². The lowest BCUT2D eigenvalue weighted by Gasteiger charge is -2.32. The number of amides is 1. The minimum atomic E-state index is -0.264. The largest absolute Gasteiger partial charge is 0.489 e. The Morgan fingerprint density at radius 2 is 2.06 bits per heavy atom. The van der Waals surface area contributed by atoms with Gasteiger partial charge in [0.25, 0.3) is 5.91 Å². The molecule has 1 aromatic carbocycles. The van der Waals surface area contributed by atoms with Crippen LogP contribution in [0.3, 0.4) is 0 Å². The predicted molar refractivity (Wildman–Crippen MR) is 132 cm³/mol. The van der Waals surface area contributed by atoms with Crippen LogP contribution in [0.1, 0.15) is 48.1 Å². The first-order valence-corrected chi connectivity index (χ1v) is 12.3. The molecule has 4 rings (SSSR count). The van der Waals surface area contributed by atoms with Crippen molar-refractivity contribution in [1.29, 1.82) is 0 Å². The number of nitrogens with zero attached hydrogens (tertiary/aromatic N) is 4. The maximum Gasteiger partial charge on any atom is 0.263 e. The third kappa shape index (κ3) is 4.57. The van der Waals surface area contributed by atoms with Gasteiger partial charge in [0.05, 0.1) is 17.9 Å². The van der Waals surface area contributed by atoms with Gasteiger partial charge in [0.1, 0.15) is 17.2 Å². The van der Waals surface area contributed by atoms with Crippen LogP contribution in [-0.2, 0) is 6.42 Å². The number of aromatic nitrogens is 1. The first-order valence-electron chi connectivity index (χ1n) is 11.5. The monoisotopic (exact) mass is 457 g/mol. The summed E-state index contributed by atoms with van der Waals surface area (Å²) < 4.78 is 6.09. The minimum absolute atomic E-state index is 0.0173. The number of hydrogen-bond donors (Lipinski definition) is 1. The smallest absolute Gasteiger partial charge is 0.263 e. The molecular weight excluding hydrogens is 422 g/mol. The summed E-state index contributed by atoms with van der Waals surface area (Å²) in [5.74, 6) is 0.872. The van der Waals surface area contributed by atoms with Gasteiger partial charge < -0.3 is 24.8 Å². The molecule has 1 aromatic heterocycles. The van der Waals surface area contributed by atoms with E-state index in [1.807, 2.05) is 13.8 Å². The number of carbonyl (C=O) groups is 1. The minimum Gasteiger partial charge on any atom is -0.489 e. The first kappa shape index (κ1) is 22.9. The van der Waals surface area contributed by atoms with E-state index in [4.69, 9.17) is 9.72 Å². The van der Waals surface area contributed by atoms with Crippen molar-refractivity contribution < 1.29 is 9.53 Å². The normalized spacial score (nSPS) is 17.0. The van der Waals surface area contributed by atoms with Gasteiger partial charge in [-0.1, -0.05) is 11.3 Å². The van der Waals surface area contributed by atoms with E-state index in [0.717, 1.165) is 66.2 Å². The number of rotatable bonds is 7. The van der Waals surface area contributed by atoms with E-state index >= 15 is 0 Å². The average Bonchev–Trinajstić information content (AvgIpc) is 3.13. The lowest BCUT2D eigenvalue weighted by atomic mass is 9.94. The summed E-state index contributed by atoms with van der Waals surface area (Å²) in [6, 6.07) is 4.39. The molecule has 0 spiro atoms. The molecule has 3 heterocycles. The first-order chi connectivity index (χ1) is 15.2. The van der Waals surface area contributed by atoms with Gasteiger partial charge in [-0.3, -0.25) is 4.79 Å². The molecule has 0 bridgehead atoms. The summed E-state index contributed by atoms with van der Waals surface area (Å²) in [6.45, 7) is 12.8. The van der Waals surface area contributed by atoms with Gasteiger partial charge in [0, 0.05) is 36.8 Å². The molecule has 2 aliphatic heterocycles. The average molecular weight is 458 g/mol. The number of fused-ring (bicyclic) bond motifs is 2. The zero-order valence-corrected chi connectivity index (χ0v) is 20.9. The van der Waals surface area contributed by atoms with Crippen LogP contribution in [-0.4, -0.2) is 68.2 Å². The number of thiazole rings is 1. The van der Waals surface area contributed by atoms with Crippen LogP contribution >= 0.6 is 11.3 Å². The fourth-order valence-electron chi connectivity index (χ4n) is 4.50. The van der Waals surface area contributed by atoms with Crippen LogP contribution < -0.4 is 19.9 Å². The number of benzene rings is 1. The van der Waals surface area contributed by atoms with E-state index < -0.39 is 0 Å². The molecule has 2 aliphatic rings. The lowest BCUT2D eigenvalue weighted by Crippen LogP contribution is -2.48. The van der Waals surface area contributed by atoms with Gasteiger partial charge in [0.2, 0.25) is 0 Å². The van der Waals surface area contributed by atoms with E-state index in [0.29, 0.717) is 6.61 Å². The summed E-state index contributed by atoms with van der Waals surface area (Å²) in [5.41, 5.74) is 4.13. The van der Waals surface area contributed by atoms with Gasteiger partial charge in [-0.05, 0) is 66.4 Å². The van der Waals surface area contributed by atoms with Gasteiger partial charge in [-0.2, -0.15) is 0 Å². The molecule has 7 nitrogen and oxygen atoms in total. The van der Waals surface area contributed by atoms with Crippen molar-refractivity contribution in [2.45, 2.75) is 46.1 Å². The Labute approximate surface area is 195 Å². The Hall–Kier alpha value is -2.32. The molecule has 32 heavy (non-hydrogen) atoms. The Morgan fingerprint density at radius 3 is 2.78 bits per heavy atom. The van der Waals surface area contributed by atoms with Crippen molar-refractivity contribution in [3.63, 3.8) is 0 Å². The van der Waals surface area contributed by atoms with Gasteiger partial charge in [-0.25, -0.2) is 4.98 Å². The SMILES string of the molecule is CCN(CCCN(C)C)c1cc2c(cc1C)N(c1nc3c(s1)C(=O)NC(C)(C)C3)CCO2. The molecule has 0 fully saturated rings. The third-order valence-electron chi connectivity index (χ3n) is 6.08. The standard InChI is InChI=1S/C24H35N5O2S/c1-7-28(10-8-9-27(5)6)18-14-20-19(13-16(18)2)29(11-12-31-20)23-25-17-15-24(3,4)26-22(30)21(17)32-23/h13-14H,7-12,15H2,1-6H3,(H,26,30). The highest BCUT2D eigenvalue weighted by Crippen LogP contribution is 2.43. The van der Waals surface area contributed by atoms with E-state index in [1.54, 1.807) is 0 Å². The molecule has 2 aromatic rings. The van der Waals surface area contributed by atoms with Crippen molar-refractivity contribution in [3.05, 3.63) is 28.3 Å². The number of hydrogen-bond acceptors (Lipinski definition) is 7. The third-order valence-corrected chi connectivity index (χ3v) is 7.20. The maximum absolute atomic E-state index is 12.6. The van der Waals surface area contributed by atoms with Crippen molar-refractivity contribution in [2.75, 3.05) is 56.7 Å². The molecular formula is C24H35N5O2S. The topological polar surface area (TPSA) is 60.9 Å². The van der Waals surface area contributed by atoms with Crippen LogP contribution in [0.15, 0.2) is 12.1 Å². The molecule has 8 heteroatoms. The quantitative estimate of drug-likeness (QED) is 0.682. The number of anilines is 3. The Bertz CT molecular complexity index is 1000. The van der Waals surface area contributed by atoms with Crippen LogP contribution in [0.4, 0.5) is 16.5 Å². The molecule has 1 N–H and O–H groups in total. The highest BCUT2D eigenvalue weighted by molar-refractivity contribution is 7.17. The summed E-state index contributed by atoms with van der Waals surface area (Å²) in [7, 11) is 4.23.